The van der Waals surface area contributed by atoms with Gasteiger partial charge in [0, 0.05) is 12.1 Å². The van der Waals surface area contributed by atoms with E-state index in [0.29, 0.717) is 17.7 Å². The normalized spacial score (nSPS) is 16.0. The summed E-state index contributed by atoms with van der Waals surface area (Å²) in [5.41, 5.74) is 0. The Morgan fingerprint density at radius 2 is 2.11 bits per heavy atom. The molecule has 0 radical (unpaired) electrons. The van der Waals surface area contributed by atoms with Gasteiger partial charge >= 0.3 is 0 Å². The van der Waals surface area contributed by atoms with Crippen LogP contribution in [0.5, 0.6) is 5.88 Å². The van der Waals surface area contributed by atoms with E-state index in [9.17, 15) is 4.79 Å². The number of nitrogens with zero attached hydrogens (tertiary/aromatic N) is 2. The van der Waals surface area contributed by atoms with Crippen molar-refractivity contribution in [1.82, 2.24) is 15.3 Å². The van der Waals surface area contributed by atoms with Crippen molar-refractivity contribution in [2.24, 2.45) is 0 Å². The van der Waals surface area contributed by atoms with Crippen molar-refractivity contribution in [1.29, 1.82) is 0 Å². The molecule has 1 unspecified atom stereocenters. The largest absolute Gasteiger partial charge is 0.475 e. The zero-order valence-corrected chi connectivity index (χ0v) is 11.5. The van der Waals surface area contributed by atoms with E-state index in [1.54, 1.807) is 6.07 Å². The second-order valence-corrected chi connectivity index (χ2v) is 5.06. The zero-order valence-electron chi connectivity index (χ0n) is 11.5. The highest BCUT2D eigenvalue weighted by Crippen LogP contribution is 2.19. The Labute approximate surface area is 113 Å². The van der Waals surface area contributed by atoms with Crippen LogP contribution in [-0.2, 0) is 4.79 Å². The molecule has 0 saturated heterocycles. The van der Waals surface area contributed by atoms with Crippen LogP contribution in [0.1, 0.15) is 33.6 Å². The van der Waals surface area contributed by atoms with Gasteiger partial charge < -0.3 is 15.4 Å². The molecule has 2 N–H and O–H groups in total. The van der Waals surface area contributed by atoms with Crippen molar-refractivity contribution in [2.75, 3.05) is 5.32 Å². The number of aromatic nitrogens is 2. The third-order valence-electron chi connectivity index (χ3n) is 2.68. The molecule has 1 amide bonds. The van der Waals surface area contributed by atoms with Crippen molar-refractivity contribution in [2.45, 2.75) is 51.8 Å². The molecule has 6 nitrogen and oxygen atoms in total. The van der Waals surface area contributed by atoms with Crippen LogP contribution in [0.25, 0.3) is 0 Å². The third-order valence-corrected chi connectivity index (χ3v) is 2.68. The van der Waals surface area contributed by atoms with Gasteiger partial charge in [-0.1, -0.05) is 0 Å². The van der Waals surface area contributed by atoms with E-state index in [-0.39, 0.29) is 18.1 Å². The lowest BCUT2D eigenvalue weighted by Crippen LogP contribution is -2.38. The molecular weight excluding hydrogens is 244 g/mol. The summed E-state index contributed by atoms with van der Waals surface area (Å²) in [5.74, 6) is 1.08. The van der Waals surface area contributed by atoms with Gasteiger partial charge in [0.1, 0.15) is 18.2 Å². The summed E-state index contributed by atoms with van der Waals surface area (Å²) >= 11 is 0. The number of hydrogen-bond acceptors (Lipinski definition) is 5. The summed E-state index contributed by atoms with van der Waals surface area (Å²) in [7, 11) is 0. The lowest BCUT2D eigenvalue weighted by atomic mass is 10.3. The van der Waals surface area contributed by atoms with Crippen LogP contribution in [0, 0.1) is 0 Å². The first-order valence-electron chi connectivity index (χ1n) is 6.60. The van der Waals surface area contributed by atoms with Crippen LogP contribution in [0.3, 0.4) is 0 Å². The van der Waals surface area contributed by atoms with Crippen molar-refractivity contribution in [3.8, 4) is 5.88 Å². The number of carbonyl (C=O) groups excluding carboxylic acids is 1. The van der Waals surface area contributed by atoms with Gasteiger partial charge in [0.2, 0.25) is 11.8 Å². The summed E-state index contributed by atoms with van der Waals surface area (Å²) in [5, 5.41) is 5.99. The van der Waals surface area contributed by atoms with Gasteiger partial charge in [0.15, 0.2) is 0 Å². The van der Waals surface area contributed by atoms with Crippen LogP contribution in [-0.4, -0.2) is 34.1 Å². The summed E-state index contributed by atoms with van der Waals surface area (Å²) < 4.78 is 5.48. The van der Waals surface area contributed by atoms with Gasteiger partial charge in [0.25, 0.3) is 0 Å². The second-order valence-electron chi connectivity index (χ2n) is 5.06. The van der Waals surface area contributed by atoms with E-state index in [1.165, 1.54) is 6.33 Å². The third kappa shape index (κ3) is 4.39. The molecule has 2 rings (SSSR count). The van der Waals surface area contributed by atoms with Crippen LogP contribution in [0.2, 0.25) is 0 Å². The Balaban J connectivity index is 1.91. The minimum Gasteiger partial charge on any atom is -0.475 e. The molecule has 0 aromatic carbocycles. The van der Waals surface area contributed by atoms with Gasteiger partial charge in [-0.3, -0.25) is 4.79 Å². The summed E-state index contributed by atoms with van der Waals surface area (Å²) in [6, 6.07) is 1.73. The average Bonchev–Trinajstić information content (AvgIpc) is 3.12. The average molecular weight is 264 g/mol. The molecule has 1 aromatic heterocycles. The highest BCUT2D eigenvalue weighted by molar-refractivity contribution is 5.84. The molecule has 19 heavy (non-hydrogen) atoms. The molecule has 1 saturated carbocycles. The van der Waals surface area contributed by atoms with Gasteiger partial charge in [-0.25, -0.2) is 9.97 Å². The molecule has 1 aliphatic rings. The van der Waals surface area contributed by atoms with Crippen LogP contribution in [0.15, 0.2) is 12.4 Å². The van der Waals surface area contributed by atoms with Crippen molar-refractivity contribution in [3.63, 3.8) is 0 Å². The maximum absolute atomic E-state index is 11.8. The van der Waals surface area contributed by atoms with Gasteiger partial charge in [-0.2, -0.15) is 0 Å². The quantitative estimate of drug-likeness (QED) is 0.811. The summed E-state index contributed by atoms with van der Waals surface area (Å²) in [6.07, 6.45) is 3.64. The SMILES string of the molecule is CC(C)Oc1cc(NC(C)C(=O)NC2CC2)ncn1. The lowest BCUT2D eigenvalue weighted by Gasteiger charge is -2.15. The first kappa shape index (κ1) is 13.6. The predicted octanol–water partition coefficient (Wildman–Crippen LogP) is 1.34. The first-order valence-corrected chi connectivity index (χ1v) is 6.60. The molecule has 1 heterocycles. The fourth-order valence-corrected chi connectivity index (χ4v) is 1.57. The van der Waals surface area contributed by atoms with Crippen LogP contribution < -0.4 is 15.4 Å². The minimum absolute atomic E-state index is 0.00700. The molecule has 1 aromatic rings. The van der Waals surface area contributed by atoms with E-state index >= 15 is 0 Å². The smallest absolute Gasteiger partial charge is 0.242 e. The van der Waals surface area contributed by atoms with Crippen LogP contribution in [0.4, 0.5) is 5.82 Å². The number of ether oxygens (including phenoxy) is 1. The Morgan fingerprint density at radius 3 is 2.74 bits per heavy atom. The molecule has 1 atom stereocenters. The molecular formula is C13H20N4O2. The zero-order chi connectivity index (χ0) is 13.8. The monoisotopic (exact) mass is 264 g/mol. The standard InChI is InChI=1S/C13H20N4O2/c1-8(2)19-12-6-11(14-7-15-12)16-9(3)13(18)17-10-4-5-10/h6-10H,4-5H2,1-3H3,(H,17,18)(H,14,15,16). The van der Waals surface area contributed by atoms with Gasteiger partial charge in [-0.05, 0) is 33.6 Å². The predicted molar refractivity (Wildman–Crippen MR) is 72.0 cm³/mol. The maximum Gasteiger partial charge on any atom is 0.242 e. The summed E-state index contributed by atoms with van der Waals surface area (Å²) in [6.45, 7) is 5.67. The number of anilines is 1. The molecule has 104 valence electrons. The molecule has 0 spiro atoms. The number of carbonyl (C=O) groups is 1. The van der Waals surface area contributed by atoms with E-state index in [4.69, 9.17) is 4.74 Å². The summed E-state index contributed by atoms with van der Waals surface area (Å²) in [4.78, 5) is 19.9. The molecule has 0 bridgehead atoms. The van der Waals surface area contributed by atoms with E-state index < -0.39 is 0 Å². The molecule has 1 aliphatic carbocycles. The van der Waals surface area contributed by atoms with Crippen molar-refractivity contribution < 1.29 is 9.53 Å². The Bertz CT molecular complexity index is 446. The van der Waals surface area contributed by atoms with E-state index in [0.717, 1.165) is 12.8 Å². The topological polar surface area (TPSA) is 76.1 Å². The fraction of sp³-hybridized carbons (Fsp3) is 0.615. The Hall–Kier alpha value is -1.85. The molecule has 6 heteroatoms. The lowest BCUT2D eigenvalue weighted by molar-refractivity contribution is -0.121. The fourth-order valence-electron chi connectivity index (χ4n) is 1.57. The molecule has 0 aliphatic heterocycles. The number of amides is 1. The highest BCUT2D eigenvalue weighted by Gasteiger charge is 2.25. The van der Waals surface area contributed by atoms with Gasteiger partial charge in [-0.15, -0.1) is 0 Å². The number of hydrogen-bond donors (Lipinski definition) is 2. The number of rotatable bonds is 6. The second kappa shape index (κ2) is 5.86. The van der Waals surface area contributed by atoms with Gasteiger partial charge in [0.05, 0.1) is 6.10 Å². The van der Waals surface area contributed by atoms with Crippen molar-refractivity contribution >= 4 is 11.7 Å². The first-order chi connectivity index (χ1) is 9.04. The van der Waals surface area contributed by atoms with E-state index in [1.807, 2.05) is 20.8 Å². The van der Waals surface area contributed by atoms with Crippen molar-refractivity contribution in [3.05, 3.63) is 12.4 Å². The maximum atomic E-state index is 11.8. The Morgan fingerprint density at radius 1 is 1.37 bits per heavy atom. The number of nitrogens with one attached hydrogen (secondary N) is 2. The minimum atomic E-state index is -0.331. The Kier molecular flexibility index (Phi) is 4.19. The highest BCUT2D eigenvalue weighted by atomic mass is 16.5. The molecule has 1 fully saturated rings. The van der Waals surface area contributed by atoms with E-state index in [2.05, 4.69) is 20.6 Å². The van der Waals surface area contributed by atoms with Crippen LogP contribution >= 0.6 is 0 Å².